The first-order valence-corrected chi connectivity index (χ1v) is 14.3. The number of benzene rings is 1. The van der Waals surface area contributed by atoms with E-state index in [9.17, 15) is 14.7 Å². The fraction of sp³-hybridized carbons (Fsp3) is 0.552. The quantitative estimate of drug-likeness (QED) is 0.171. The Labute approximate surface area is 233 Å². The van der Waals surface area contributed by atoms with Crippen molar-refractivity contribution < 1.29 is 19.9 Å². The lowest BCUT2D eigenvalue weighted by atomic mass is 9.52. The van der Waals surface area contributed by atoms with Crippen molar-refractivity contribution in [2.24, 2.45) is 16.5 Å². The Morgan fingerprint density at radius 2 is 1.85 bits per heavy atom. The van der Waals surface area contributed by atoms with Gasteiger partial charge in [0.2, 0.25) is 0 Å². The molecule has 11 heteroatoms. The van der Waals surface area contributed by atoms with Gasteiger partial charge in [0.15, 0.2) is 0 Å². The molecule has 212 valence electrons. The van der Waals surface area contributed by atoms with E-state index >= 15 is 0 Å². The third-order valence-corrected chi connectivity index (χ3v) is 8.79. The molecule has 2 amide bonds. The standard InChI is InChI=1S/C29H37N7O4/c37-23(16-36-8-7-18-3-1-2-4-20(18)15-36)14-30-27(38)24-9-25(32-17-31-24)33-21-10-29(11-21)12-22(13-29)34-28(39)26(35-40)19-5-6-19/h1-4,9,17,19,21-23,37,40H,5-8,10-16H2,(H,30,38)(H,34,39)(H,31,32,33)/b35-26-/t21?,22?,23-,29?/m0/s1. The number of hydrogen-bond donors (Lipinski definition) is 5. The van der Waals surface area contributed by atoms with Crippen molar-refractivity contribution in [2.75, 3.05) is 25.0 Å². The topological polar surface area (TPSA) is 152 Å². The van der Waals surface area contributed by atoms with Gasteiger partial charge in [0.1, 0.15) is 23.6 Å². The number of rotatable bonds is 10. The zero-order valence-electron chi connectivity index (χ0n) is 22.6. The first-order chi connectivity index (χ1) is 19.4. The monoisotopic (exact) mass is 547 g/mol. The van der Waals surface area contributed by atoms with Crippen LogP contribution in [0.4, 0.5) is 5.82 Å². The Bertz CT molecular complexity index is 1280. The molecule has 6 rings (SSSR count). The summed E-state index contributed by atoms with van der Waals surface area (Å²) in [6.07, 6.45) is 7.29. The van der Waals surface area contributed by atoms with E-state index < -0.39 is 6.10 Å². The minimum Gasteiger partial charge on any atom is -0.410 e. The zero-order chi connectivity index (χ0) is 27.7. The normalized spacial score (nSPS) is 26.7. The summed E-state index contributed by atoms with van der Waals surface area (Å²) in [4.78, 5) is 35.6. The lowest BCUT2D eigenvalue weighted by Gasteiger charge is -2.57. The first-order valence-electron chi connectivity index (χ1n) is 14.3. The molecule has 2 aromatic rings. The number of hydrogen-bond acceptors (Lipinski definition) is 9. The van der Waals surface area contributed by atoms with Gasteiger partial charge < -0.3 is 26.3 Å². The number of oxime groups is 1. The van der Waals surface area contributed by atoms with Crippen molar-refractivity contribution in [3.63, 3.8) is 0 Å². The summed E-state index contributed by atoms with van der Waals surface area (Å²) in [5.41, 5.74) is 3.41. The van der Waals surface area contributed by atoms with Crippen LogP contribution in [-0.4, -0.2) is 80.5 Å². The van der Waals surface area contributed by atoms with Gasteiger partial charge in [-0.1, -0.05) is 29.4 Å². The molecule has 40 heavy (non-hydrogen) atoms. The number of aliphatic hydroxyl groups is 1. The molecule has 1 spiro atoms. The van der Waals surface area contributed by atoms with Gasteiger partial charge in [-0.2, -0.15) is 0 Å². The minimum atomic E-state index is -0.674. The van der Waals surface area contributed by atoms with Crippen LogP contribution in [0.15, 0.2) is 41.8 Å². The van der Waals surface area contributed by atoms with Crippen molar-refractivity contribution in [2.45, 2.75) is 69.7 Å². The van der Waals surface area contributed by atoms with Crippen LogP contribution >= 0.6 is 0 Å². The molecule has 1 aromatic carbocycles. The van der Waals surface area contributed by atoms with Crippen molar-refractivity contribution in [3.05, 3.63) is 53.5 Å². The molecule has 0 bridgehead atoms. The highest BCUT2D eigenvalue weighted by Crippen LogP contribution is 2.56. The molecule has 5 N–H and O–H groups in total. The van der Waals surface area contributed by atoms with Crippen molar-refractivity contribution in [1.29, 1.82) is 0 Å². The van der Waals surface area contributed by atoms with Crippen molar-refractivity contribution in [1.82, 2.24) is 25.5 Å². The Hall–Kier alpha value is -3.57. The van der Waals surface area contributed by atoms with E-state index in [4.69, 9.17) is 5.21 Å². The predicted octanol–water partition coefficient (Wildman–Crippen LogP) is 1.71. The van der Waals surface area contributed by atoms with Crippen molar-refractivity contribution in [3.8, 4) is 0 Å². The van der Waals surface area contributed by atoms with Gasteiger partial charge in [0.05, 0.1) is 6.10 Å². The molecule has 3 fully saturated rings. The molecule has 1 aromatic heterocycles. The average Bonchev–Trinajstić information content (AvgIpc) is 3.75. The second-order valence-electron chi connectivity index (χ2n) is 12.0. The lowest BCUT2D eigenvalue weighted by molar-refractivity contribution is -0.118. The van der Waals surface area contributed by atoms with Gasteiger partial charge in [-0.15, -0.1) is 0 Å². The summed E-state index contributed by atoms with van der Waals surface area (Å²) in [7, 11) is 0. The molecule has 4 aliphatic rings. The van der Waals surface area contributed by atoms with Crippen LogP contribution in [0.25, 0.3) is 0 Å². The minimum absolute atomic E-state index is 0.111. The highest BCUT2D eigenvalue weighted by atomic mass is 16.4. The predicted molar refractivity (Wildman–Crippen MR) is 148 cm³/mol. The maximum Gasteiger partial charge on any atom is 0.270 e. The maximum absolute atomic E-state index is 12.7. The van der Waals surface area contributed by atoms with Crippen LogP contribution in [0.1, 0.15) is 60.1 Å². The zero-order valence-corrected chi connectivity index (χ0v) is 22.6. The highest BCUT2D eigenvalue weighted by molar-refractivity contribution is 6.40. The number of nitrogens with one attached hydrogen (secondary N) is 3. The molecule has 3 aliphatic carbocycles. The molecule has 1 aliphatic heterocycles. The molecule has 1 atom stereocenters. The van der Waals surface area contributed by atoms with Crippen LogP contribution in [0.5, 0.6) is 0 Å². The number of carbonyl (C=O) groups is 2. The second-order valence-corrected chi connectivity index (χ2v) is 12.0. The van der Waals surface area contributed by atoms with E-state index in [0.717, 1.165) is 58.0 Å². The third-order valence-electron chi connectivity index (χ3n) is 8.79. The second kappa shape index (κ2) is 11.1. The summed E-state index contributed by atoms with van der Waals surface area (Å²) in [6, 6.07) is 10.4. The smallest absolute Gasteiger partial charge is 0.270 e. The van der Waals surface area contributed by atoms with E-state index in [1.54, 1.807) is 6.07 Å². The van der Waals surface area contributed by atoms with E-state index in [2.05, 4.69) is 54.2 Å². The van der Waals surface area contributed by atoms with E-state index in [-0.39, 0.29) is 53.2 Å². The summed E-state index contributed by atoms with van der Waals surface area (Å²) < 4.78 is 0. The third kappa shape index (κ3) is 5.95. The van der Waals surface area contributed by atoms with E-state index in [1.165, 1.54) is 17.5 Å². The maximum atomic E-state index is 12.7. The molecular formula is C29H37N7O4. The summed E-state index contributed by atoms with van der Waals surface area (Å²) in [5.74, 6) is 0.132. The fourth-order valence-electron chi connectivity index (χ4n) is 6.58. The lowest BCUT2D eigenvalue weighted by Crippen LogP contribution is -2.59. The molecule has 11 nitrogen and oxygen atoms in total. The number of amides is 2. The van der Waals surface area contributed by atoms with Crippen LogP contribution < -0.4 is 16.0 Å². The van der Waals surface area contributed by atoms with Gasteiger partial charge in [0, 0.05) is 50.2 Å². The number of aliphatic hydroxyl groups excluding tert-OH is 1. The SMILES string of the molecule is O=C(NC1CC2(C1)CC(Nc1cc(C(=O)NC[C@H](O)CN3CCc4ccccc4C3)ncn1)C2)/C(=N\O)C1CC1. The molecule has 2 heterocycles. The number of β-amino-alcohol motifs (C(OH)–C–C–N with tert-alkyl or cyclic N) is 1. The number of fused-ring (bicyclic) bond motifs is 1. The van der Waals surface area contributed by atoms with Crippen LogP contribution in [0.2, 0.25) is 0 Å². The van der Waals surface area contributed by atoms with E-state index in [0.29, 0.717) is 12.4 Å². The average molecular weight is 548 g/mol. The van der Waals surface area contributed by atoms with Crippen LogP contribution in [-0.2, 0) is 17.8 Å². The summed E-state index contributed by atoms with van der Waals surface area (Å²) in [6.45, 7) is 2.34. The number of anilines is 1. The Morgan fingerprint density at radius 3 is 2.60 bits per heavy atom. The summed E-state index contributed by atoms with van der Waals surface area (Å²) in [5, 5.41) is 32.1. The number of aromatic nitrogens is 2. The Balaban J connectivity index is 0.912. The van der Waals surface area contributed by atoms with Crippen molar-refractivity contribution >= 4 is 23.3 Å². The van der Waals surface area contributed by atoms with Gasteiger partial charge in [-0.05, 0) is 61.5 Å². The first kappa shape index (κ1) is 26.6. The largest absolute Gasteiger partial charge is 0.410 e. The van der Waals surface area contributed by atoms with Gasteiger partial charge >= 0.3 is 0 Å². The number of carbonyl (C=O) groups excluding carboxylic acids is 2. The van der Waals surface area contributed by atoms with Gasteiger partial charge in [-0.25, -0.2) is 9.97 Å². The Morgan fingerprint density at radius 1 is 1.10 bits per heavy atom. The molecule has 3 saturated carbocycles. The fourth-order valence-corrected chi connectivity index (χ4v) is 6.58. The molecule has 0 unspecified atom stereocenters. The van der Waals surface area contributed by atoms with Gasteiger partial charge in [0.25, 0.3) is 11.8 Å². The molecule has 0 radical (unpaired) electrons. The van der Waals surface area contributed by atoms with E-state index in [1.807, 2.05) is 6.07 Å². The van der Waals surface area contributed by atoms with Crippen LogP contribution in [0.3, 0.4) is 0 Å². The molecular weight excluding hydrogens is 510 g/mol. The molecule has 0 saturated heterocycles. The highest BCUT2D eigenvalue weighted by Gasteiger charge is 2.53. The van der Waals surface area contributed by atoms with Gasteiger partial charge in [-0.3, -0.25) is 14.5 Å². The van der Waals surface area contributed by atoms with Crippen LogP contribution in [0, 0.1) is 11.3 Å². The number of nitrogens with zero attached hydrogens (tertiary/aromatic N) is 4. The Kier molecular flexibility index (Phi) is 7.41. The summed E-state index contributed by atoms with van der Waals surface area (Å²) >= 11 is 0.